The second kappa shape index (κ2) is 9.40. The number of piperidine rings is 1. The molecule has 0 aromatic heterocycles. The number of ether oxygens (including phenoxy) is 1. The van der Waals surface area contributed by atoms with E-state index in [1.807, 2.05) is 30.3 Å². The van der Waals surface area contributed by atoms with Crippen molar-refractivity contribution < 1.29 is 13.9 Å². The summed E-state index contributed by atoms with van der Waals surface area (Å²) in [7, 11) is 0. The van der Waals surface area contributed by atoms with Gasteiger partial charge in [0.05, 0.1) is 0 Å². The summed E-state index contributed by atoms with van der Waals surface area (Å²) in [6, 6.07) is 15.0. The van der Waals surface area contributed by atoms with Crippen LogP contribution in [0.15, 0.2) is 48.5 Å². The first kappa shape index (κ1) is 19.9. The molecule has 0 spiro atoms. The Hall–Kier alpha value is -2.40. The molecule has 2 aromatic rings. The maximum absolute atomic E-state index is 13.2. The second-order valence-electron chi connectivity index (χ2n) is 8.23. The first-order valence-corrected chi connectivity index (χ1v) is 10.6. The van der Waals surface area contributed by atoms with Crippen LogP contribution in [0.2, 0.25) is 0 Å². The van der Waals surface area contributed by atoms with Gasteiger partial charge in [0.2, 0.25) is 0 Å². The topological polar surface area (TPSA) is 41.6 Å². The van der Waals surface area contributed by atoms with Gasteiger partial charge in [0, 0.05) is 25.7 Å². The minimum absolute atomic E-state index is 0.0395. The monoisotopic (exact) mass is 396 g/mol. The Morgan fingerprint density at radius 2 is 1.90 bits per heavy atom. The fraction of sp³-hybridized carbons (Fsp3) is 0.458. The first-order chi connectivity index (χ1) is 14.2. The summed E-state index contributed by atoms with van der Waals surface area (Å²) in [6.45, 7) is 2.79. The fourth-order valence-corrected chi connectivity index (χ4v) is 4.55. The van der Waals surface area contributed by atoms with Crippen molar-refractivity contribution in [1.82, 2.24) is 10.2 Å². The number of carbonyl (C=O) groups excluding carboxylic acids is 1. The van der Waals surface area contributed by atoms with Crippen molar-refractivity contribution >= 4 is 5.91 Å². The Morgan fingerprint density at radius 3 is 2.76 bits per heavy atom. The Labute approximate surface area is 172 Å². The van der Waals surface area contributed by atoms with Gasteiger partial charge in [-0.3, -0.25) is 9.69 Å². The molecule has 1 saturated heterocycles. The zero-order valence-electron chi connectivity index (χ0n) is 16.8. The molecule has 5 heteroatoms. The van der Waals surface area contributed by atoms with Crippen LogP contribution in [-0.4, -0.2) is 36.5 Å². The summed E-state index contributed by atoms with van der Waals surface area (Å²) in [6.07, 6.45) is 5.28. The number of nitrogens with zero attached hydrogens (tertiary/aromatic N) is 1. The molecule has 4 nitrogen and oxygen atoms in total. The van der Waals surface area contributed by atoms with Crippen LogP contribution < -0.4 is 10.1 Å². The lowest BCUT2D eigenvalue weighted by atomic mass is 9.87. The van der Waals surface area contributed by atoms with Crippen LogP contribution in [0, 0.1) is 11.7 Å². The van der Waals surface area contributed by atoms with E-state index in [-0.39, 0.29) is 24.4 Å². The van der Waals surface area contributed by atoms with Gasteiger partial charge >= 0.3 is 0 Å². The van der Waals surface area contributed by atoms with Gasteiger partial charge in [-0.1, -0.05) is 36.8 Å². The number of likely N-dealkylation sites (tertiary alicyclic amines) is 1. The zero-order chi connectivity index (χ0) is 20.1. The molecule has 1 amide bonds. The van der Waals surface area contributed by atoms with Crippen LogP contribution in [-0.2, 0) is 17.8 Å². The standard InChI is InChI=1S/C24H29FN2O2/c25-21-11-9-18(10-12-21)15-27-14-13-22-20(16-27)7-2-1-5-19-6-3-4-8-23(19)29-17-24(28)26-22/h3-4,6,8-12,20,22H,1-2,5,7,13-17H2,(H,26,28)/t20-,22+/m0/s1. The minimum Gasteiger partial charge on any atom is -0.483 e. The van der Waals surface area contributed by atoms with Gasteiger partial charge in [-0.15, -0.1) is 0 Å². The quantitative estimate of drug-likeness (QED) is 0.836. The fourth-order valence-electron chi connectivity index (χ4n) is 4.55. The Bertz CT molecular complexity index is 824. The van der Waals surface area contributed by atoms with E-state index in [1.54, 1.807) is 0 Å². The molecule has 2 aliphatic rings. The highest BCUT2D eigenvalue weighted by Gasteiger charge is 2.30. The molecule has 1 fully saturated rings. The van der Waals surface area contributed by atoms with Gasteiger partial charge in [-0.2, -0.15) is 0 Å². The highest BCUT2D eigenvalue weighted by molar-refractivity contribution is 5.78. The van der Waals surface area contributed by atoms with Crippen molar-refractivity contribution in [3.63, 3.8) is 0 Å². The van der Waals surface area contributed by atoms with Crippen LogP contribution in [0.1, 0.15) is 36.8 Å². The highest BCUT2D eigenvalue weighted by Crippen LogP contribution is 2.26. The van der Waals surface area contributed by atoms with E-state index >= 15 is 0 Å². The maximum atomic E-state index is 13.2. The largest absolute Gasteiger partial charge is 0.483 e. The van der Waals surface area contributed by atoms with Crippen LogP contribution >= 0.6 is 0 Å². The van der Waals surface area contributed by atoms with Crippen molar-refractivity contribution in [2.24, 2.45) is 5.92 Å². The third kappa shape index (κ3) is 5.36. The first-order valence-electron chi connectivity index (χ1n) is 10.6. The average Bonchev–Trinajstić information content (AvgIpc) is 2.73. The second-order valence-corrected chi connectivity index (χ2v) is 8.23. The van der Waals surface area contributed by atoms with Crippen LogP contribution in [0.3, 0.4) is 0 Å². The number of fused-ring (bicyclic) bond motifs is 2. The highest BCUT2D eigenvalue weighted by atomic mass is 19.1. The lowest BCUT2D eigenvalue weighted by molar-refractivity contribution is -0.124. The van der Waals surface area contributed by atoms with Gasteiger partial charge in [0.1, 0.15) is 11.6 Å². The maximum Gasteiger partial charge on any atom is 0.258 e. The van der Waals surface area contributed by atoms with E-state index in [1.165, 1.54) is 17.7 Å². The summed E-state index contributed by atoms with van der Waals surface area (Å²) in [5.74, 6) is 1.03. The van der Waals surface area contributed by atoms with Gasteiger partial charge < -0.3 is 10.1 Å². The van der Waals surface area contributed by atoms with E-state index in [0.29, 0.717) is 5.92 Å². The lowest BCUT2D eigenvalue weighted by Gasteiger charge is -2.39. The number of nitrogens with one attached hydrogen (secondary N) is 1. The molecular formula is C24H29FN2O2. The summed E-state index contributed by atoms with van der Waals surface area (Å²) >= 11 is 0. The van der Waals surface area contributed by atoms with Gasteiger partial charge in [-0.25, -0.2) is 4.39 Å². The molecule has 2 atom stereocenters. The number of halogens is 1. The predicted octanol–water partition coefficient (Wildman–Crippen LogP) is 3.94. The van der Waals surface area contributed by atoms with E-state index in [4.69, 9.17) is 4.74 Å². The molecule has 4 rings (SSSR count). The van der Waals surface area contributed by atoms with Crippen LogP contribution in [0.25, 0.3) is 0 Å². The average molecular weight is 397 g/mol. The predicted molar refractivity (Wildman–Crippen MR) is 111 cm³/mol. The normalized spacial score (nSPS) is 23.6. The molecule has 0 radical (unpaired) electrons. The van der Waals surface area contributed by atoms with Crippen molar-refractivity contribution in [2.75, 3.05) is 19.7 Å². The molecule has 0 unspecified atom stereocenters. The van der Waals surface area contributed by atoms with E-state index < -0.39 is 0 Å². The minimum atomic E-state index is -0.196. The zero-order valence-corrected chi connectivity index (χ0v) is 16.8. The summed E-state index contributed by atoms with van der Waals surface area (Å²) in [5.41, 5.74) is 2.31. The molecule has 0 aliphatic carbocycles. The van der Waals surface area contributed by atoms with E-state index in [9.17, 15) is 9.18 Å². The van der Waals surface area contributed by atoms with Crippen LogP contribution in [0.4, 0.5) is 4.39 Å². The Kier molecular flexibility index (Phi) is 6.45. The van der Waals surface area contributed by atoms with Crippen molar-refractivity contribution in [3.05, 3.63) is 65.5 Å². The van der Waals surface area contributed by atoms with E-state index in [0.717, 1.165) is 63.1 Å². The van der Waals surface area contributed by atoms with E-state index in [2.05, 4.69) is 16.3 Å². The van der Waals surface area contributed by atoms with Crippen molar-refractivity contribution in [1.29, 1.82) is 0 Å². The van der Waals surface area contributed by atoms with Crippen molar-refractivity contribution in [3.8, 4) is 5.75 Å². The molecule has 1 N–H and O–H groups in total. The number of hydrogen-bond acceptors (Lipinski definition) is 3. The molecular weight excluding hydrogens is 367 g/mol. The molecule has 154 valence electrons. The summed E-state index contributed by atoms with van der Waals surface area (Å²) in [4.78, 5) is 14.9. The Morgan fingerprint density at radius 1 is 1.07 bits per heavy atom. The molecule has 2 heterocycles. The third-order valence-corrected chi connectivity index (χ3v) is 6.09. The SMILES string of the molecule is O=C1COc2ccccc2CCCC[C@H]2CN(Cc3ccc(F)cc3)CC[C@H]2N1. The van der Waals surface area contributed by atoms with Crippen LogP contribution in [0.5, 0.6) is 5.75 Å². The third-order valence-electron chi connectivity index (χ3n) is 6.09. The number of aryl methyl sites for hydroxylation is 1. The summed E-state index contributed by atoms with van der Waals surface area (Å²) in [5, 5.41) is 3.22. The van der Waals surface area contributed by atoms with Gasteiger partial charge in [-0.05, 0) is 60.9 Å². The molecule has 2 aromatic carbocycles. The molecule has 0 bridgehead atoms. The lowest BCUT2D eigenvalue weighted by Crippen LogP contribution is -2.51. The number of rotatable bonds is 2. The number of benzene rings is 2. The van der Waals surface area contributed by atoms with Crippen molar-refractivity contribution in [2.45, 2.75) is 44.7 Å². The molecule has 0 saturated carbocycles. The molecule has 29 heavy (non-hydrogen) atoms. The Balaban J connectivity index is 1.41. The number of amides is 1. The number of carbonyl (C=O) groups is 1. The molecule has 2 aliphatic heterocycles. The van der Waals surface area contributed by atoms with Gasteiger partial charge in [0.15, 0.2) is 6.61 Å². The number of hydrogen-bond donors (Lipinski definition) is 1. The smallest absolute Gasteiger partial charge is 0.258 e. The summed E-state index contributed by atoms with van der Waals surface area (Å²) < 4.78 is 19.0. The number of para-hydroxylation sites is 1. The van der Waals surface area contributed by atoms with Gasteiger partial charge in [0.25, 0.3) is 5.91 Å².